The standard InChI is InChI=1S/C18H18FN3O2/c1-11-9-17(23)21-22-18(11)12-3-6-14(7-4-12)20-15-8-5-13(19)10-16(15)24-2/h3-8,10-11,20H,9H2,1-2H3,(H,21,23)/t11-/m1/s1. The highest BCUT2D eigenvalue weighted by atomic mass is 19.1. The first-order valence-electron chi connectivity index (χ1n) is 7.64. The second-order valence-electron chi connectivity index (χ2n) is 5.68. The molecule has 2 aromatic carbocycles. The largest absolute Gasteiger partial charge is 0.494 e. The summed E-state index contributed by atoms with van der Waals surface area (Å²) in [4.78, 5) is 11.3. The van der Waals surface area contributed by atoms with Gasteiger partial charge in [0.05, 0.1) is 18.5 Å². The summed E-state index contributed by atoms with van der Waals surface area (Å²) in [5, 5.41) is 7.35. The van der Waals surface area contributed by atoms with E-state index < -0.39 is 0 Å². The number of carbonyl (C=O) groups excluding carboxylic acids is 1. The van der Waals surface area contributed by atoms with Crippen LogP contribution in [0.15, 0.2) is 47.6 Å². The highest BCUT2D eigenvalue weighted by molar-refractivity contribution is 6.05. The van der Waals surface area contributed by atoms with Crippen LogP contribution in [0, 0.1) is 11.7 Å². The van der Waals surface area contributed by atoms with Crippen LogP contribution in [0.1, 0.15) is 18.9 Å². The maximum absolute atomic E-state index is 13.2. The van der Waals surface area contributed by atoms with Crippen LogP contribution in [-0.2, 0) is 4.79 Å². The average Bonchev–Trinajstić information content (AvgIpc) is 2.57. The minimum Gasteiger partial charge on any atom is -0.494 e. The third-order valence-electron chi connectivity index (χ3n) is 3.88. The van der Waals surface area contributed by atoms with Crippen LogP contribution < -0.4 is 15.5 Å². The Kier molecular flexibility index (Phi) is 4.46. The molecular formula is C18H18FN3O2. The summed E-state index contributed by atoms with van der Waals surface area (Å²) in [6, 6.07) is 12.0. The van der Waals surface area contributed by atoms with E-state index in [-0.39, 0.29) is 17.6 Å². The number of ether oxygens (including phenoxy) is 1. The molecule has 0 saturated carbocycles. The van der Waals surface area contributed by atoms with Gasteiger partial charge in [0.25, 0.3) is 0 Å². The van der Waals surface area contributed by atoms with E-state index in [1.54, 1.807) is 6.07 Å². The fraction of sp³-hybridized carbons (Fsp3) is 0.222. The van der Waals surface area contributed by atoms with Crippen molar-refractivity contribution in [1.82, 2.24) is 5.43 Å². The summed E-state index contributed by atoms with van der Waals surface area (Å²) in [6.45, 7) is 1.98. The van der Waals surface area contributed by atoms with Crippen molar-refractivity contribution in [2.75, 3.05) is 12.4 Å². The predicted octanol–water partition coefficient (Wildman–Crippen LogP) is 3.44. The molecule has 2 N–H and O–H groups in total. The molecule has 1 aliphatic heterocycles. The molecule has 24 heavy (non-hydrogen) atoms. The summed E-state index contributed by atoms with van der Waals surface area (Å²) in [7, 11) is 1.50. The molecule has 0 bridgehead atoms. The Bertz CT molecular complexity index is 787. The van der Waals surface area contributed by atoms with Crippen molar-refractivity contribution >= 4 is 23.0 Å². The molecule has 0 aliphatic carbocycles. The van der Waals surface area contributed by atoms with Crippen molar-refractivity contribution in [2.24, 2.45) is 11.0 Å². The molecule has 0 spiro atoms. The van der Waals surface area contributed by atoms with Gasteiger partial charge in [-0.3, -0.25) is 4.79 Å². The van der Waals surface area contributed by atoms with E-state index >= 15 is 0 Å². The molecule has 0 fully saturated rings. The monoisotopic (exact) mass is 327 g/mol. The summed E-state index contributed by atoms with van der Waals surface area (Å²) in [5.74, 6) is 0.105. The number of benzene rings is 2. The van der Waals surface area contributed by atoms with Gasteiger partial charge in [-0.25, -0.2) is 9.82 Å². The van der Waals surface area contributed by atoms with E-state index in [9.17, 15) is 9.18 Å². The van der Waals surface area contributed by atoms with E-state index in [1.165, 1.54) is 19.2 Å². The van der Waals surface area contributed by atoms with Crippen LogP contribution in [0.3, 0.4) is 0 Å². The lowest BCUT2D eigenvalue weighted by Crippen LogP contribution is -2.31. The smallest absolute Gasteiger partial charge is 0.240 e. The zero-order valence-electron chi connectivity index (χ0n) is 13.5. The number of methoxy groups -OCH3 is 1. The van der Waals surface area contributed by atoms with Gasteiger partial charge < -0.3 is 10.1 Å². The fourth-order valence-electron chi connectivity index (χ4n) is 2.65. The SMILES string of the molecule is COc1cc(F)ccc1Nc1ccc(C2=NNC(=O)C[C@H]2C)cc1. The van der Waals surface area contributed by atoms with E-state index in [0.717, 1.165) is 17.0 Å². The third-order valence-corrected chi connectivity index (χ3v) is 3.88. The van der Waals surface area contributed by atoms with Gasteiger partial charge >= 0.3 is 0 Å². The minimum absolute atomic E-state index is 0.0621. The number of halogens is 1. The average molecular weight is 327 g/mol. The Hall–Kier alpha value is -2.89. The number of rotatable bonds is 4. The van der Waals surface area contributed by atoms with Crippen LogP contribution in [0.2, 0.25) is 0 Å². The fourth-order valence-corrected chi connectivity index (χ4v) is 2.65. The molecule has 124 valence electrons. The Balaban J connectivity index is 1.79. The molecule has 1 heterocycles. The molecule has 0 saturated heterocycles. The number of nitrogens with one attached hydrogen (secondary N) is 2. The lowest BCUT2D eigenvalue weighted by atomic mass is 9.94. The first kappa shape index (κ1) is 16.0. The van der Waals surface area contributed by atoms with Crippen molar-refractivity contribution in [3.63, 3.8) is 0 Å². The Morgan fingerprint density at radius 2 is 2.00 bits per heavy atom. The highest BCUT2D eigenvalue weighted by Gasteiger charge is 2.21. The van der Waals surface area contributed by atoms with Gasteiger partial charge in [0, 0.05) is 24.1 Å². The Morgan fingerprint density at radius 1 is 1.25 bits per heavy atom. The normalized spacial score (nSPS) is 17.0. The molecule has 1 atom stereocenters. The van der Waals surface area contributed by atoms with Crippen LogP contribution in [0.5, 0.6) is 5.75 Å². The summed E-state index contributed by atoms with van der Waals surface area (Å²) in [5.41, 5.74) is 5.86. The molecule has 0 radical (unpaired) electrons. The van der Waals surface area contributed by atoms with Gasteiger partial charge in [-0.15, -0.1) is 0 Å². The second kappa shape index (κ2) is 6.70. The van der Waals surface area contributed by atoms with Crippen molar-refractivity contribution in [3.05, 3.63) is 53.8 Å². The van der Waals surface area contributed by atoms with E-state index in [0.29, 0.717) is 17.9 Å². The quantitative estimate of drug-likeness (QED) is 0.904. The molecule has 1 aliphatic rings. The van der Waals surface area contributed by atoms with Gasteiger partial charge in [-0.2, -0.15) is 5.10 Å². The molecule has 6 heteroatoms. The van der Waals surface area contributed by atoms with Gasteiger partial charge in [0.15, 0.2) is 0 Å². The Labute approximate surface area is 139 Å². The van der Waals surface area contributed by atoms with Gasteiger partial charge in [-0.05, 0) is 29.8 Å². The molecule has 2 aromatic rings. The van der Waals surface area contributed by atoms with Crippen molar-refractivity contribution in [3.8, 4) is 5.75 Å². The van der Waals surface area contributed by atoms with Crippen LogP contribution in [-0.4, -0.2) is 18.7 Å². The number of hydrogen-bond acceptors (Lipinski definition) is 4. The zero-order chi connectivity index (χ0) is 17.1. The molecule has 5 nitrogen and oxygen atoms in total. The molecule has 1 amide bonds. The lowest BCUT2D eigenvalue weighted by molar-refractivity contribution is -0.121. The van der Waals surface area contributed by atoms with Crippen molar-refractivity contribution in [2.45, 2.75) is 13.3 Å². The third kappa shape index (κ3) is 3.37. The maximum Gasteiger partial charge on any atom is 0.240 e. The summed E-state index contributed by atoms with van der Waals surface area (Å²) >= 11 is 0. The number of nitrogens with zero attached hydrogens (tertiary/aromatic N) is 1. The Morgan fingerprint density at radius 3 is 2.67 bits per heavy atom. The van der Waals surface area contributed by atoms with Gasteiger partial charge in [0.1, 0.15) is 11.6 Å². The lowest BCUT2D eigenvalue weighted by Gasteiger charge is -2.19. The van der Waals surface area contributed by atoms with Gasteiger partial charge in [0.2, 0.25) is 5.91 Å². The first-order valence-corrected chi connectivity index (χ1v) is 7.64. The van der Waals surface area contributed by atoms with E-state index in [2.05, 4.69) is 15.8 Å². The summed E-state index contributed by atoms with van der Waals surface area (Å²) < 4.78 is 18.4. The number of carbonyl (C=O) groups is 1. The summed E-state index contributed by atoms with van der Waals surface area (Å²) in [6.07, 6.45) is 0.436. The van der Waals surface area contributed by atoms with Crippen LogP contribution in [0.25, 0.3) is 0 Å². The number of anilines is 2. The van der Waals surface area contributed by atoms with Crippen LogP contribution in [0.4, 0.5) is 15.8 Å². The molecular weight excluding hydrogens is 309 g/mol. The number of hydrazone groups is 1. The predicted molar refractivity (Wildman–Crippen MR) is 91.1 cm³/mol. The molecule has 3 rings (SSSR count). The minimum atomic E-state index is -0.348. The molecule has 0 aromatic heterocycles. The topological polar surface area (TPSA) is 62.7 Å². The molecule has 0 unspecified atom stereocenters. The van der Waals surface area contributed by atoms with E-state index in [1.807, 2.05) is 31.2 Å². The van der Waals surface area contributed by atoms with Crippen molar-refractivity contribution in [1.29, 1.82) is 0 Å². The van der Waals surface area contributed by atoms with Crippen LogP contribution >= 0.6 is 0 Å². The van der Waals surface area contributed by atoms with E-state index in [4.69, 9.17) is 4.74 Å². The van der Waals surface area contributed by atoms with Crippen molar-refractivity contribution < 1.29 is 13.9 Å². The highest BCUT2D eigenvalue weighted by Crippen LogP contribution is 2.28. The zero-order valence-corrected chi connectivity index (χ0v) is 13.5. The number of hydrogen-bond donors (Lipinski definition) is 2. The second-order valence-corrected chi connectivity index (χ2v) is 5.68. The first-order chi connectivity index (χ1) is 11.6. The maximum atomic E-state index is 13.2. The number of amides is 1. The van der Waals surface area contributed by atoms with Gasteiger partial charge in [-0.1, -0.05) is 19.1 Å².